The van der Waals surface area contributed by atoms with E-state index in [0.29, 0.717) is 15.2 Å². The number of amides is 2. The maximum atomic E-state index is 12.2. The predicted molar refractivity (Wildman–Crippen MR) is 81.7 cm³/mol. The first-order valence-electron chi connectivity index (χ1n) is 6.23. The summed E-state index contributed by atoms with van der Waals surface area (Å²) in [6, 6.07) is 1.73. The van der Waals surface area contributed by atoms with Crippen molar-refractivity contribution in [1.82, 2.24) is 4.90 Å². The average Bonchev–Trinajstić information content (AvgIpc) is 2.78. The molecule has 1 fully saturated rings. The van der Waals surface area contributed by atoms with E-state index in [-0.39, 0.29) is 13.0 Å². The largest absolute Gasteiger partial charge is 0.480 e. The summed E-state index contributed by atoms with van der Waals surface area (Å²) in [5.41, 5.74) is 1.29. The number of rotatable bonds is 2. The molecule has 2 amide bonds. The van der Waals surface area contributed by atoms with Crippen molar-refractivity contribution in [2.24, 2.45) is 0 Å². The third-order valence-corrected chi connectivity index (χ3v) is 4.38. The number of carboxylic acid groups (broad SMARTS) is 1. The van der Waals surface area contributed by atoms with Gasteiger partial charge in [0, 0.05) is 22.5 Å². The van der Waals surface area contributed by atoms with E-state index < -0.39 is 24.1 Å². The van der Waals surface area contributed by atoms with Crippen molar-refractivity contribution in [3.63, 3.8) is 0 Å². The standard InChI is InChI=1S/C13H14BrClN2O4/c1-6-2-8(14)10(4-9(6)15)16-13(21)17-5-7(18)3-11(17)12(19)20/h2,4,7,11,18H,3,5H2,1H3,(H,16,21)(H,19,20). The molecule has 1 aromatic carbocycles. The molecule has 8 heteroatoms. The van der Waals surface area contributed by atoms with Crippen LogP contribution in [0.25, 0.3) is 0 Å². The Balaban J connectivity index is 2.18. The zero-order valence-electron chi connectivity index (χ0n) is 11.1. The molecule has 0 aromatic heterocycles. The van der Waals surface area contributed by atoms with Crippen LogP contribution in [-0.4, -0.2) is 45.8 Å². The van der Waals surface area contributed by atoms with Gasteiger partial charge in [-0.05, 0) is 40.5 Å². The first-order valence-corrected chi connectivity index (χ1v) is 7.41. The number of carbonyl (C=O) groups excluding carboxylic acids is 1. The molecule has 114 valence electrons. The van der Waals surface area contributed by atoms with E-state index in [9.17, 15) is 14.7 Å². The molecule has 0 saturated carbocycles. The number of carbonyl (C=O) groups is 2. The van der Waals surface area contributed by atoms with Gasteiger partial charge in [0.1, 0.15) is 6.04 Å². The molecule has 1 saturated heterocycles. The summed E-state index contributed by atoms with van der Waals surface area (Å²) in [6.45, 7) is 1.82. The lowest BCUT2D eigenvalue weighted by Gasteiger charge is -2.22. The molecule has 6 nitrogen and oxygen atoms in total. The van der Waals surface area contributed by atoms with E-state index in [1.807, 2.05) is 6.92 Å². The molecule has 0 bridgehead atoms. The Bertz CT molecular complexity index is 596. The predicted octanol–water partition coefficient (Wildman–Crippen LogP) is 2.46. The molecule has 1 aliphatic rings. The van der Waals surface area contributed by atoms with Crippen molar-refractivity contribution in [3.05, 3.63) is 27.2 Å². The summed E-state index contributed by atoms with van der Waals surface area (Å²) in [6.07, 6.45) is -0.805. The van der Waals surface area contributed by atoms with Gasteiger partial charge in [-0.15, -0.1) is 0 Å². The molecule has 0 aliphatic carbocycles. The molecule has 1 aliphatic heterocycles. The van der Waals surface area contributed by atoms with Crippen LogP contribution in [0.15, 0.2) is 16.6 Å². The lowest BCUT2D eigenvalue weighted by Crippen LogP contribution is -2.43. The third-order valence-electron chi connectivity index (χ3n) is 3.31. The quantitative estimate of drug-likeness (QED) is 0.738. The van der Waals surface area contributed by atoms with Crippen molar-refractivity contribution >= 4 is 45.2 Å². The molecule has 21 heavy (non-hydrogen) atoms. The third kappa shape index (κ3) is 3.48. The number of hydrogen-bond donors (Lipinski definition) is 3. The Morgan fingerprint density at radius 1 is 1.48 bits per heavy atom. The Hall–Kier alpha value is -1.31. The molecule has 1 heterocycles. The van der Waals surface area contributed by atoms with Crippen LogP contribution in [0.2, 0.25) is 5.02 Å². The first-order chi connectivity index (χ1) is 9.79. The molecule has 0 radical (unpaired) electrons. The maximum absolute atomic E-state index is 12.2. The van der Waals surface area contributed by atoms with Crippen molar-refractivity contribution < 1.29 is 19.8 Å². The molecule has 2 atom stereocenters. The van der Waals surface area contributed by atoms with Gasteiger partial charge in [-0.3, -0.25) is 0 Å². The minimum absolute atomic E-state index is 0.0139. The van der Waals surface area contributed by atoms with E-state index >= 15 is 0 Å². The Morgan fingerprint density at radius 3 is 2.76 bits per heavy atom. The van der Waals surface area contributed by atoms with Gasteiger partial charge in [0.05, 0.1) is 11.8 Å². The number of carboxylic acids is 1. The van der Waals surface area contributed by atoms with Crippen molar-refractivity contribution in [1.29, 1.82) is 0 Å². The number of aliphatic carboxylic acids is 1. The smallest absolute Gasteiger partial charge is 0.326 e. The number of halogens is 2. The zero-order valence-corrected chi connectivity index (χ0v) is 13.5. The summed E-state index contributed by atoms with van der Waals surface area (Å²) in [4.78, 5) is 24.4. The van der Waals surface area contributed by atoms with Crippen LogP contribution < -0.4 is 5.32 Å². The number of benzene rings is 1. The number of likely N-dealkylation sites (tertiary alicyclic amines) is 1. The van der Waals surface area contributed by atoms with Crippen LogP contribution in [0.4, 0.5) is 10.5 Å². The van der Waals surface area contributed by atoms with E-state index in [2.05, 4.69) is 21.2 Å². The number of anilines is 1. The number of urea groups is 1. The number of nitrogens with one attached hydrogen (secondary N) is 1. The molecule has 2 rings (SSSR count). The Kier molecular flexibility index (Phi) is 4.75. The summed E-state index contributed by atoms with van der Waals surface area (Å²) in [5, 5.41) is 21.7. The number of nitrogens with zero attached hydrogens (tertiary/aromatic N) is 1. The van der Waals surface area contributed by atoms with Crippen LogP contribution in [0.1, 0.15) is 12.0 Å². The summed E-state index contributed by atoms with van der Waals surface area (Å²) >= 11 is 9.33. The fourth-order valence-electron chi connectivity index (χ4n) is 2.20. The van der Waals surface area contributed by atoms with Crippen LogP contribution in [0.3, 0.4) is 0 Å². The summed E-state index contributed by atoms with van der Waals surface area (Å²) < 4.78 is 0.643. The number of hydrogen-bond acceptors (Lipinski definition) is 3. The SMILES string of the molecule is Cc1cc(Br)c(NC(=O)N2CC(O)CC2C(=O)O)cc1Cl. The topological polar surface area (TPSA) is 89.9 Å². The second kappa shape index (κ2) is 6.21. The minimum Gasteiger partial charge on any atom is -0.480 e. The fraction of sp³-hybridized carbons (Fsp3) is 0.385. The second-order valence-electron chi connectivity index (χ2n) is 4.91. The molecular formula is C13H14BrClN2O4. The lowest BCUT2D eigenvalue weighted by molar-refractivity contribution is -0.141. The summed E-state index contributed by atoms with van der Waals surface area (Å²) in [7, 11) is 0. The Morgan fingerprint density at radius 2 is 2.14 bits per heavy atom. The number of aryl methyl sites for hydroxylation is 1. The normalized spacial score (nSPS) is 21.4. The first kappa shape index (κ1) is 16.1. The second-order valence-corrected chi connectivity index (χ2v) is 6.17. The van der Waals surface area contributed by atoms with Crippen LogP contribution in [-0.2, 0) is 4.79 Å². The maximum Gasteiger partial charge on any atom is 0.326 e. The van der Waals surface area contributed by atoms with Gasteiger partial charge in [-0.25, -0.2) is 9.59 Å². The zero-order chi connectivity index (χ0) is 15.7. The van der Waals surface area contributed by atoms with Crippen molar-refractivity contribution in [2.45, 2.75) is 25.5 Å². The van der Waals surface area contributed by atoms with Crippen molar-refractivity contribution in [2.75, 3.05) is 11.9 Å². The van der Waals surface area contributed by atoms with Crippen LogP contribution in [0.5, 0.6) is 0 Å². The monoisotopic (exact) mass is 376 g/mol. The fourth-order valence-corrected chi connectivity index (χ4v) is 2.92. The highest BCUT2D eigenvalue weighted by molar-refractivity contribution is 9.10. The van der Waals surface area contributed by atoms with Gasteiger partial charge in [-0.1, -0.05) is 11.6 Å². The van der Waals surface area contributed by atoms with Gasteiger partial charge < -0.3 is 20.4 Å². The van der Waals surface area contributed by atoms with Crippen molar-refractivity contribution in [3.8, 4) is 0 Å². The Labute approximate surface area is 134 Å². The van der Waals surface area contributed by atoms with E-state index in [0.717, 1.165) is 10.5 Å². The van der Waals surface area contributed by atoms with E-state index in [1.54, 1.807) is 12.1 Å². The van der Waals surface area contributed by atoms with Gasteiger partial charge in [0.15, 0.2) is 0 Å². The molecule has 0 spiro atoms. The average molecular weight is 378 g/mol. The highest BCUT2D eigenvalue weighted by Crippen LogP contribution is 2.30. The molecule has 2 unspecified atom stereocenters. The molecular weight excluding hydrogens is 364 g/mol. The highest BCUT2D eigenvalue weighted by atomic mass is 79.9. The van der Waals surface area contributed by atoms with Crippen LogP contribution >= 0.6 is 27.5 Å². The van der Waals surface area contributed by atoms with Crippen LogP contribution in [0, 0.1) is 6.92 Å². The van der Waals surface area contributed by atoms with E-state index in [1.165, 1.54) is 0 Å². The highest BCUT2D eigenvalue weighted by Gasteiger charge is 2.39. The number of aliphatic hydroxyl groups is 1. The molecule has 3 N–H and O–H groups in total. The van der Waals surface area contributed by atoms with Gasteiger partial charge in [0.2, 0.25) is 0 Å². The lowest BCUT2D eigenvalue weighted by atomic mass is 10.2. The summed E-state index contributed by atoms with van der Waals surface area (Å²) in [5.74, 6) is -1.14. The molecule has 1 aromatic rings. The minimum atomic E-state index is -1.14. The van der Waals surface area contributed by atoms with Gasteiger partial charge in [-0.2, -0.15) is 0 Å². The van der Waals surface area contributed by atoms with Gasteiger partial charge in [0.25, 0.3) is 0 Å². The van der Waals surface area contributed by atoms with E-state index in [4.69, 9.17) is 16.7 Å². The van der Waals surface area contributed by atoms with Gasteiger partial charge >= 0.3 is 12.0 Å². The number of β-amino-alcohol motifs (C(OH)–C–C–N with tert-alkyl or cyclic N) is 1. The number of aliphatic hydroxyl groups excluding tert-OH is 1.